The zero-order chi connectivity index (χ0) is 11.3. The third kappa shape index (κ3) is 4.44. The van der Waals surface area contributed by atoms with Crippen molar-refractivity contribution >= 4 is 27.5 Å². The summed E-state index contributed by atoms with van der Waals surface area (Å²) in [4.78, 5) is 11.4. The molecule has 0 bridgehead atoms. The van der Waals surface area contributed by atoms with Crippen molar-refractivity contribution in [2.75, 3.05) is 18.9 Å². The summed E-state index contributed by atoms with van der Waals surface area (Å²) in [7, 11) is 1.83. The minimum absolute atomic E-state index is 0.0295. The summed E-state index contributed by atoms with van der Waals surface area (Å²) in [5.74, 6) is 0.0295. The highest BCUT2D eigenvalue weighted by Crippen LogP contribution is 2.19. The molecule has 0 atom stereocenters. The zero-order valence-corrected chi connectivity index (χ0v) is 10.5. The van der Waals surface area contributed by atoms with Crippen LogP contribution in [0.25, 0.3) is 0 Å². The number of halogens is 1. The standard InChI is InChI=1S/C11H15BrN2O/c1-8-5-9(12)7-10(6-8)14-11(15)3-4-13-2/h5-7,13H,3-4H2,1-2H3,(H,14,15). The van der Waals surface area contributed by atoms with Crippen LogP contribution in [0.5, 0.6) is 0 Å². The number of carbonyl (C=O) groups excluding carboxylic acids is 1. The smallest absolute Gasteiger partial charge is 0.225 e. The van der Waals surface area contributed by atoms with E-state index < -0.39 is 0 Å². The van der Waals surface area contributed by atoms with Crippen molar-refractivity contribution in [3.8, 4) is 0 Å². The van der Waals surface area contributed by atoms with Crippen LogP contribution in [0, 0.1) is 6.92 Å². The number of aryl methyl sites for hydroxylation is 1. The van der Waals surface area contributed by atoms with E-state index >= 15 is 0 Å². The van der Waals surface area contributed by atoms with Gasteiger partial charge in [-0.3, -0.25) is 4.79 Å². The van der Waals surface area contributed by atoms with Gasteiger partial charge in [0.25, 0.3) is 0 Å². The minimum atomic E-state index is 0.0295. The largest absolute Gasteiger partial charge is 0.326 e. The van der Waals surface area contributed by atoms with Crippen LogP contribution >= 0.6 is 15.9 Å². The third-order valence-corrected chi connectivity index (χ3v) is 2.39. The second-order valence-corrected chi connectivity index (χ2v) is 4.33. The van der Waals surface area contributed by atoms with Gasteiger partial charge in [0.1, 0.15) is 0 Å². The predicted octanol–water partition coefficient (Wildman–Crippen LogP) is 2.31. The summed E-state index contributed by atoms with van der Waals surface area (Å²) in [5.41, 5.74) is 1.95. The van der Waals surface area contributed by atoms with Crippen molar-refractivity contribution in [1.82, 2.24) is 5.32 Å². The average Bonchev–Trinajstić information content (AvgIpc) is 2.13. The second kappa shape index (κ2) is 5.88. The highest BCUT2D eigenvalue weighted by Gasteiger charge is 2.02. The molecule has 0 aliphatic heterocycles. The van der Waals surface area contributed by atoms with Gasteiger partial charge in [0.2, 0.25) is 5.91 Å². The molecular weight excluding hydrogens is 256 g/mol. The van der Waals surface area contributed by atoms with E-state index in [9.17, 15) is 4.79 Å². The molecule has 4 heteroatoms. The molecule has 82 valence electrons. The Hall–Kier alpha value is -0.870. The number of amides is 1. The molecule has 0 saturated heterocycles. The quantitative estimate of drug-likeness (QED) is 0.882. The van der Waals surface area contributed by atoms with Gasteiger partial charge in [-0.2, -0.15) is 0 Å². The summed E-state index contributed by atoms with van der Waals surface area (Å²) in [6.45, 7) is 2.69. The molecule has 0 aliphatic rings. The lowest BCUT2D eigenvalue weighted by Gasteiger charge is -2.06. The van der Waals surface area contributed by atoms with Crippen LogP contribution in [0.3, 0.4) is 0 Å². The van der Waals surface area contributed by atoms with E-state index in [-0.39, 0.29) is 5.91 Å². The fourth-order valence-corrected chi connectivity index (χ4v) is 1.88. The maximum Gasteiger partial charge on any atom is 0.225 e. The maximum absolute atomic E-state index is 11.4. The van der Waals surface area contributed by atoms with Crippen LogP contribution < -0.4 is 10.6 Å². The van der Waals surface area contributed by atoms with Gasteiger partial charge in [0.15, 0.2) is 0 Å². The summed E-state index contributed by atoms with van der Waals surface area (Å²) in [5, 5.41) is 5.79. The van der Waals surface area contributed by atoms with Crippen molar-refractivity contribution in [2.24, 2.45) is 0 Å². The van der Waals surface area contributed by atoms with Crippen LogP contribution in [-0.4, -0.2) is 19.5 Å². The summed E-state index contributed by atoms with van der Waals surface area (Å²) in [6, 6.07) is 5.84. The normalized spacial score (nSPS) is 10.1. The fraction of sp³-hybridized carbons (Fsp3) is 0.364. The molecule has 15 heavy (non-hydrogen) atoms. The first-order valence-corrected chi connectivity index (χ1v) is 5.63. The molecular formula is C11H15BrN2O. The van der Waals surface area contributed by atoms with Crippen molar-refractivity contribution in [3.63, 3.8) is 0 Å². The summed E-state index contributed by atoms with van der Waals surface area (Å²) >= 11 is 3.39. The topological polar surface area (TPSA) is 41.1 Å². The molecule has 0 unspecified atom stereocenters. The summed E-state index contributed by atoms with van der Waals surface area (Å²) in [6.07, 6.45) is 0.488. The Morgan fingerprint density at radius 3 is 2.73 bits per heavy atom. The first-order valence-electron chi connectivity index (χ1n) is 4.83. The van der Waals surface area contributed by atoms with Gasteiger partial charge in [-0.15, -0.1) is 0 Å². The Labute approximate surface area is 98.4 Å². The molecule has 0 radical (unpaired) electrons. The molecule has 0 spiro atoms. The SMILES string of the molecule is CNCCC(=O)Nc1cc(C)cc(Br)c1. The molecule has 0 aromatic heterocycles. The Morgan fingerprint density at radius 1 is 1.40 bits per heavy atom. The maximum atomic E-state index is 11.4. The lowest BCUT2D eigenvalue weighted by atomic mass is 10.2. The molecule has 0 heterocycles. The molecule has 1 aromatic rings. The van der Waals surface area contributed by atoms with Crippen LogP contribution in [-0.2, 0) is 4.79 Å². The van der Waals surface area contributed by atoms with Crippen LogP contribution in [0.15, 0.2) is 22.7 Å². The minimum Gasteiger partial charge on any atom is -0.326 e. The van der Waals surface area contributed by atoms with E-state index in [4.69, 9.17) is 0 Å². The van der Waals surface area contributed by atoms with Gasteiger partial charge in [-0.25, -0.2) is 0 Å². The number of hydrogen-bond donors (Lipinski definition) is 2. The van der Waals surface area contributed by atoms with Gasteiger partial charge < -0.3 is 10.6 Å². The molecule has 2 N–H and O–H groups in total. The first kappa shape index (κ1) is 12.2. The number of carbonyl (C=O) groups is 1. The molecule has 0 saturated carbocycles. The molecule has 3 nitrogen and oxygen atoms in total. The number of nitrogens with one attached hydrogen (secondary N) is 2. The average molecular weight is 271 g/mol. The van der Waals surface area contributed by atoms with Gasteiger partial charge >= 0.3 is 0 Å². The van der Waals surface area contributed by atoms with Crippen molar-refractivity contribution < 1.29 is 4.79 Å². The number of rotatable bonds is 4. The van der Waals surface area contributed by atoms with Crippen LogP contribution in [0.1, 0.15) is 12.0 Å². The van der Waals surface area contributed by atoms with E-state index in [2.05, 4.69) is 26.6 Å². The van der Waals surface area contributed by atoms with E-state index in [0.717, 1.165) is 15.7 Å². The lowest BCUT2D eigenvalue weighted by molar-refractivity contribution is -0.116. The van der Waals surface area contributed by atoms with E-state index in [0.29, 0.717) is 13.0 Å². The van der Waals surface area contributed by atoms with Gasteiger partial charge in [0.05, 0.1) is 0 Å². The molecule has 1 aromatic carbocycles. The zero-order valence-electron chi connectivity index (χ0n) is 8.93. The van der Waals surface area contributed by atoms with Crippen molar-refractivity contribution in [2.45, 2.75) is 13.3 Å². The molecule has 1 rings (SSSR count). The molecule has 1 amide bonds. The highest BCUT2D eigenvalue weighted by molar-refractivity contribution is 9.10. The Kier molecular flexibility index (Phi) is 4.78. The predicted molar refractivity (Wildman–Crippen MR) is 66.1 cm³/mol. The van der Waals surface area contributed by atoms with Crippen molar-refractivity contribution in [3.05, 3.63) is 28.2 Å². The molecule has 0 aliphatic carbocycles. The highest BCUT2D eigenvalue weighted by atomic mass is 79.9. The van der Waals surface area contributed by atoms with E-state index in [1.165, 1.54) is 0 Å². The first-order chi connectivity index (χ1) is 7.11. The Morgan fingerprint density at radius 2 is 2.13 bits per heavy atom. The fourth-order valence-electron chi connectivity index (χ4n) is 1.27. The Balaban J connectivity index is 2.60. The van der Waals surface area contributed by atoms with Gasteiger partial charge in [-0.1, -0.05) is 15.9 Å². The van der Waals surface area contributed by atoms with E-state index in [1.54, 1.807) is 0 Å². The summed E-state index contributed by atoms with van der Waals surface area (Å²) < 4.78 is 0.978. The van der Waals surface area contributed by atoms with E-state index in [1.807, 2.05) is 32.2 Å². The number of anilines is 1. The van der Waals surface area contributed by atoms with Gasteiger partial charge in [-0.05, 0) is 37.7 Å². The monoisotopic (exact) mass is 270 g/mol. The van der Waals surface area contributed by atoms with Crippen LogP contribution in [0.4, 0.5) is 5.69 Å². The Bertz CT molecular complexity index is 332. The second-order valence-electron chi connectivity index (χ2n) is 3.42. The van der Waals surface area contributed by atoms with Crippen molar-refractivity contribution in [1.29, 1.82) is 0 Å². The number of hydrogen-bond acceptors (Lipinski definition) is 2. The lowest BCUT2D eigenvalue weighted by Crippen LogP contribution is -2.18. The van der Waals surface area contributed by atoms with Crippen LogP contribution in [0.2, 0.25) is 0 Å². The van der Waals surface area contributed by atoms with Gasteiger partial charge in [0, 0.05) is 23.1 Å². The number of benzene rings is 1. The third-order valence-electron chi connectivity index (χ3n) is 1.93. The molecule has 0 fully saturated rings.